The minimum atomic E-state index is -3.02. The smallest absolute Gasteiger partial charge is 0.344 e. The minimum Gasteiger partial charge on any atom is -0.353 e. The first-order valence-electron chi connectivity index (χ1n) is 10.9. The summed E-state index contributed by atoms with van der Waals surface area (Å²) in [7, 11) is -0.183. The Morgan fingerprint density at radius 1 is 1.09 bits per heavy atom. The molecular weight excluding hydrogens is 479 g/mol. The second-order valence-corrected chi connectivity index (χ2v) is 10.5. The summed E-state index contributed by atoms with van der Waals surface area (Å²) in [5.74, 6) is 1.09. The van der Waals surface area contributed by atoms with Crippen LogP contribution in [0.1, 0.15) is 0 Å². The topological polar surface area (TPSA) is 118 Å². The standard InChI is InChI=1S/C21H28ClN8O3P/c1-32-34(31,33-2)15-30-10-8-29(9-11-30)7-6-23-21-24-13-18-19(28-21)20(26-14-25-18)27-17-5-3-4-16(22)12-17/h3-5,12-14H,6-11,15H2,1-2H3,(H,23,24,28)(H,25,26,27). The lowest BCUT2D eigenvalue weighted by Crippen LogP contribution is -2.47. The normalized spacial score (nSPS) is 15.5. The number of nitrogens with zero attached hydrogens (tertiary/aromatic N) is 6. The number of hydrogen-bond acceptors (Lipinski definition) is 11. The van der Waals surface area contributed by atoms with E-state index in [0.29, 0.717) is 40.7 Å². The third-order valence-corrected chi connectivity index (χ3v) is 7.66. The van der Waals surface area contributed by atoms with Crippen molar-refractivity contribution >= 4 is 47.7 Å². The summed E-state index contributed by atoms with van der Waals surface area (Å²) in [5.41, 5.74) is 2.08. The zero-order chi connectivity index (χ0) is 24.0. The van der Waals surface area contributed by atoms with Crippen LogP contribution in [0, 0.1) is 0 Å². The molecule has 2 aromatic heterocycles. The predicted molar refractivity (Wildman–Crippen MR) is 133 cm³/mol. The van der Waals surface area contributed by atoms with Gasteiger partial charge in [-0.05, 0) is 18.2 Å². The van der Waals surface area contributed by atoms with E-state index in [-0.39, 0.29) is 0 Å². The van der Waals surface area contributed by atoms with E-state index in [9.17, 15) is 4.57 Å². The lowest BCUT2D eigenvalue weighted by Gasteiger charge is -2.35. The van der Waals surface area contributed by atoms with Gasteiger partial charge < -0.3 is 19.7 Å². The van der Waals surface area contributed by atoms with Gasteiger partial charge in [0.05, 0.1) is 6.20 Å². The highest BCUT2D eigenvalue weighted by atomic mass is 35.5. The molecule has 182 valence electrons. The van der Waals surface area contributed by atoms with E-state index in [1.54, 1.807) is 6.20 Å². The Morgan fingerprint density at radius 3 is 2.59 bits per heavy atom. The number of piperazine rings is 1. The molecule has 0 radical (unpaired) electrons. The molecule has 0 spiro atoms. The van der Waals surface area contributed by atoms with Crippen LogP contribution >= 0.6 is 19.2 Å². The van der Waals surface area contributed by atoms with Crippen molar-refractivity contribution in [2.75, 3.05) is 70.4 Å². The Kier molecular flexibility index (Phi) is 8.25. The molecule has 34 heavy (non-hydrogen) atoms. The van der Waals surface area contributed by atoms with E-state index in [1.807, 2.05) is 24.3 Å². The summed E-state index contributed by atoms with van der Waals surface area (Å²) in [6.45, 7) is 4.87. The molecule has 0 saturated carbocycles. The Hall–Kier alpha value is -2.40. The van der Waals surface area contributed by atoms with Crippen LogP contribution in [0.4, 0.5) is 17.5 Å². The van der Waals surface area contributed by atoms with E-state index in [0.717, 1.165) is 38.4 Å². The molecule has 3 heterocycles. The van der Waals surface area contributed by atoms with Gasteiger partial charge in [-0.15, -0.1) is 0 Å². The van der Waals surface area contributed by atoms with Crippen LogP contribution in [0.5, 0.6) is 0 Å². The van der Waals surface area contributed by atoms with E-state index in [1.165, 1.54) is 20.5 Å². The van der Waals surface area contributed by atoms with Gasteiger partial charge in [0.25, 0.3) is 0 Å². The fourth-order valence-corrected chi connectivity index (χ4v) is 4.99. The maximum atomic E-state index is 12.3. The number of hydrogen-bond donors (Lipinski definition) is 2. The van der Waals surface area contributed by atoms with Gasteiger partial charge in [0.15, 0.2) is 5.82 Å². The fraction of sp³-hybridized carbons (Fsp3) is 0.429. The van der Waals surface area contributed by atoms with Gasteiger partial charge in [0.2, 0.25) is 5.95 Å². The van der Waals surface area contributed by atoms with Gasteiger partial charge in [-0.25, -0.2) is 19.9 Å². The first-order chi connectivity index (χ1) is 16.5. The highest BCUT2D eigenvalue weighted by Gasteiger charge is 2.27. The van der Waals surface area contributed by atoms with Gasteiger partial charge in [0.1, 0.15) is 23.6 Å². The molecule has 1 aromatic carbocycles. The molecule has 0 unspecified atom stereocenters. The second kappa shape index (κ2) is 11.4. The van der Waals surface area contributed by atoms with Crippen molar-refractivity contribution < 1.29 is 13.6 Å². The number of fused-ring (bicyclic) bond motifs is 1. The summed E-state index contributed by atoms with van der Waals surface area (Å²) in [4.78, 5) is 22.0. The van der Waals surface area contributed by atoms with Crippen molar-refractivity contribution in [3.8, 4) is 0 Å². The molecule has 11 nitrogen and oxygen atoms in total. The van der Waals surface area contributed by atoms with Crippen molar-refractivity contribution in [2.45, 2.75) is 0 Å². The maximum Gasteiger partial charge on any atom is 0.344 e. The first-order valence-corrected chi connectivity index (χ1v) is 13.0. The molecule has 1 fully saturated rings. The van der Waals surface area contributed by atoms with E-state index in [4.69, 9.17) is 20.6 Å². The quantitative estimate of drug-likeness (QED) is 0.394. The molecule has 0 aliphatic carbocycles. The van der Waals surface area contributed by atoms with Crippen molar-refractivity contribution in [1.29, 1.82) is 0 Å². The minimum absolute atomic E-state index is 0.310. The monoisotopic (exact) mass is 506 g/mol. The van der Waals surface area contributed by atoms with Crippen LogP contribution in [0.3, 0.4) is 0 Å². The van der Waals surface area contributed by atoms with Crippen molar-refractivity contribution in [3.05, 3.63) is 41.8 Å². The molecule has 1 saturated heterocycles. The molecular formula is C21H28ClN8O3P. The van der Waals surface area contributed by atoms with Crippen LogP contribution in [0.15, 0.2) is 36.8 Å². The first kappa shape index (κ1) is 24.7. The second-order valence-electron chi connectivity index (χ2n) is 7.79. The highest BCUT2D eigenvalue weighted by molar-refractivity contribution is 7.53. The average Bonchev–Trinajstić information content (AvgIpc) is 2.85. The summed E-state index contributed by atoms with van der Waals surface area (Å²) >= 11 is 6.09. The Balaban J connectivity index is 1.32. The van der Waals surface area contributed by atoms with Gasteiger partial charge >= 0.3 is 7.60 Å². The van der Waals surface area contributed by atoms with Gasteiger partial charge in [-0.3, -0.25) is 14.4 Å². The van der Waals surface area contributed by atoms with Crippen LogP contribution in [0.2, 0.25) is 5.02 Å². The Labute approximate surface area is 203 Å². The van der Waals surface area contributed by atoms with Gasteiger partial charge in [-0.2, -0.15) is 0 Å². The number of aromatic nitrogens is 4. The maximum absolute atomic E-state index is 12.3. The lowest BCUT2D eigenvalue weighted by molar-refractivity contribution is 0.141. The Bertz CT molecular complexity index is 1150. The van der Waals surface area contributed by atoms with Crippen LogP contribution < -0.4 is 10.6 Å². The highest BCUT2D eigenvalue weighted by Crippen LogP contribution is 2.46. The van der Waals surface area contributed by atoms with Crippen LogP contribution in [-0.2, 0) is 13.6 Å². The fourth-order valence-electron chi connectivity index (χ4n) is 3.65. The van der Waals surface area contributed by atoms with Crippen LogP contribution in [0.25, 0.3) is 11.0 Å². The molecule has 13 heteroatoms. The van der Waals surface area contributed by atoms with Crippen LogP contribution in [-0.4, -0.2) is 89.5 Å². The predicted octanol–water partition coefficient (Wildman–Crippen LogP) is 3.29. The summed E-state index contributed by atoms with van der Waals surface area (Å²) < 4.78 is 22.4. The van der Waals surface area contributed by atoms with Crippen molar-refractivity contribution in [1.82, 2.24) is 29.7 Å². The average molecular weight is 507 g/mol. The zero-order valence-electron chi connectivity index (χ0n) is 19.1. The van der Waals surface area contributed by atoms with Gasteiger partial charge in [0, 0.05) is 64.2 Å². The number of anilines is 3. The van der Waals surface area contributed by atoms with E-state index < -0.39 is 7.60 Å². The molecule has 0 atom stereocenters. The Morgan fingerprint density at radius 2 is 1.85 bits per heavy atom. The molecule has 2 N–H and O–H groups in total. The van der Waals surface area contributed by atoms with Crippen molar-refractivity contribution in [2.24, 2.45) is 0 Å². The third kappa shape index (κ3) is 6.38. The van der Waals surface area contributed by atoms with Gasteiger partial charge in [-0.1, -0.05) is 17.7 Å². The molecule has 3 aromatic rings. The number of rotatable bonds is 10. The number of nitrogens with one attached hydrogen (secondary N) is 2. The number of halogens is 1. The molecule has 1 aliphatic rings. The molecule has 1 aliphatic heterocycles. The molecule has 0 amide bonds. The summed E-state index contributed by atoms with van der Waals surface area (Å²) in [6, 6.07) is 7.40. The molecule has 0 bridgehead atoms. The van der Waals surface area contributed by atoms with Crippen molar-refractivity contribution in [3.63, 3.8) is 0 Å². The number of benzene rings is 1. The summed E-state index contributed by atoms with van der Waals surface area (Å²) in [5, 5.41) is 7.16. The lowest BCUT2D eigenvalue weighted by atomic mass is 10.3. The zero-order valence-corrected chi connectivity index (χ0v) is 20.8. The largest absolute Gasteiger partial charge is 0.353 e. The SMILES string of the molecule is COP(=O)(CN1CCN(CCNc2ncc3ncnc(Nc4cccc(Cl)c4)c3n2)CC1)OC. The van der Waals surface area contributed by atoms with E-state index in [2.05, 4.69) is 40.4 Å². The third-order valence-electron chi connectivity index (χ3n) is 5.57. The molecule has 4 rings (SSSR count). The van der Waals surface area contributed by atoms with E-state index >= 15 is 0 Å². The summed E-state index contributed by atoms with van der Waals surface area (Å²) in [6.07, 6.45) is 3.46.